The van der Waals surface area contributed by atoms with E-state index in [2.05, 4.69) is 48.8 Å². The third-order valence-electron chi connectivity index (χ3n) is 4.23. The van der Waals surface area contributed by atoms with Gasteiger partial charge in [0.25, 0.3) is 0 Å². The van der Waals surface area contributed by atoms with Crippen molar-refractivity contribution in [2.75, 3.05) is 30.9 Å². The lowest BCUT2D eigenvalue weighted by Gasteiger charge is -2.20. The first-order chi connectivity index (χ1) is 12.7. The molecule has 0 radical (unpaired) electrons. The van der Waals surface area contributed by atoms with Crippen molar-refractivity contribution in [3.8, 4) is 0 Å². The number of hydrogen-bond acceptors (Lipinski definition) is 7. The van der Waals surface area contributed by atoms with Crippen LogP contribution in [0.3, 0.4) is 0 Å². The Kier molecular flexibility index (Phi) is 4.45. The Morgan fingerprint density at radius 1 is 1.19 bits per heavy atom. The molecule has 7 nitrogen and oxygen atoms in total. The smallest absolute Gasteiger partial charge is 0.224 e. The van der Waals surface area contributed by atoms with Gasteiger partial charge >= 0.3 is 0 Å². The third kappa shape index (κ3) is 3.21. The van der Waals surface area contributed by atoms with E-state index in [0.717, 1.165) is 33.6 Å². The molecule has 0 bridgehead atoms. The van der Waals surface area contributed by atoms with E-state index in [1.54, 1.807) is 19.5 Å². The zero-order valence-electron chi connectivity index (χ0n) is 14.7. The molecule has 1 aliphatic heterocycles. The molecule has 0 spiro atoms. The van der Waals surface area contributed by atoms with Gasteiger partial charge in [0, 0.05) is 43.9 Å². The zero-order valence-corrected chi connectivity index (χ0v) is 14.7. The molecule has 0 saturated carbocycles. The van der Waals surface area contributed by atoms with E-state index >= 15 is 0 Å². The number of hydrogen-bond donors (Lipinski definition) is 2. The number of rotatable bonds is 5. The maximum Gasteiger partial charge on any atom is 0.224 e. The second-order valence-electron chi connectivity index (χ2n) is 6.22. The predicted octanol–water partition coefficient (Wildman–Crippen LogP) is 2.72. The summed E-state index contributed by atoms with van der Waals surface area (Å²) in [5.74, 6) is 1.41. The molecule has 132 valence electrons. The SMILES string of the molecule is COC[C@H](C)Nc1ncc2c(n1)NCC=C2c1ccc2nccnc2c1. The fourth-order valence-corrected chi connectivity index (χ4v) is 3.06. The van der Waals surface area contributed by atoms with E-state index in [1.807, 2.05) is 19.2 Å². The highest BCUT2D eigenvalue weighted by molar-refractivity contribution is 5.90. The van der Waals surface area contributed by atoms with Gasteiger partial charge in [-0.15, -0.1) is 0 Å². The zero-order chi connectivity index (χ0) is 17.9. The molecule has 26 heavy (non-hydrogen) atoms. The largest absolute Gasteiger partial charge is 0.383 e. The minimum atomic E-state index is 0.135. The lowest BCUT2D eigenvalue weighted by molar-refractivity contribution is 0.190. The molecule has 4 rings (SSSR count). The fraction of sp³-hybridized carbons (Fsp3) is 0.263. The molecular weight excluding hydrogens is 328 g/mol. The van der Waals surface area contributed by atoms with Crippen molar-refractivity contribution in [2.24, 2.45) is 0 Å². The minimum absolute atomic E-state index is 0.135. The summed E-state index contributed by atoms with van der Waals surface area (Å²) in [5.41, 5.74) is 4.91. The first kappa shape index (κ1) is 16.4. The molecule has 2 aromatic heterocycles. The van der Waals surface area contributed by atoms with E-state index < -0.39 is 0 Å². The van der Waals surface area contributed by atoms with Gasteiger partial charge in [0.1, 0.15) is 5.82 Å². The highest BCUT2D eigenvalue weighted by Crippen LogP contribution is 2.32. The van der Waals surface area contributed by atoms with Crippen molar-refractivity contribution in [2.45, 2.75) is 13.0 Å². The minimum Gasteiger partial charge on any atom is -0.383 e. The molecule has 0 saturated heterocycles. The molecule has 0 fully saturated rings. The Balaban J connectivity index is 1.66. The van der Waals surface area contributed by atoms with Gasteiger partial charge in [0.15, 0.2) is 0 Å². The van der Waals surface area contributed by atoms with Crippen molar-refractivity contribution in [3.63, 3.8) is 0 Å². The Hall–Kier alpha value is -3.06. The van der Waals surface area contributed by atoms with Gasteiger partial charge in [-0.2, -0.15) is 4.98 Å². The molecule has 3 aromatic rings. The number of aromatic nitrogens is 4. The normalized spacial score (nSPS) is 14.3. The van der Waals surface area contributed by atoms with Crippen LogP contribution in [0.25, 0.3) is 16.6 Å². The highest BCUT2D eigenvalue weighted by atomic mass is 16.5. The van der Waals surface area contributed by atoms with Gasteiger partial charge in [0.05, 0.1) is 17.6 Å². The first-order valence-corrected chi connectivity index (χ1v) is 8.52. The number of ether oxygens (including phenoxy) is 1. The average molecular weight is 348 g/mol. The lowest BCUT2D eigenvalue weighted by atomic mass is 9.96. The fourth-order valence-electron chi connectivity index (χ4n) is 3.06. The molecule has 1 aromatic carbocycles. The van der Waals surface area contributed by atoms with Crippen molar-refractivity contribution in [3.05, 3.63) is 54.0 Å². The number of nitrogens with one attached hydrogen (secondary N) is 2. The molecule has 3 heterocycles. The van der Waals surface area contributed by atoms with E-state index in [4.69, 9.17) is 4.74 Å². The molecule has 7 heteroatoms. The van der Waals surface area contributed by atoms with Crippen molar-refractivity contribution >= 4 is 28.4 Å². The maximum absolute atomic E-state index is 5.14. The van der Waals surface area contributed by atoms with Gasteiger partial charge in [0.2, 0.25) is 5.95 Å². The topological polar surface area (TPSA) is 84.9 Å². The number of benzene rings is 1. The molecule has 1 atom stereocenters. The average Bonchev–Trinajstić information content (AvgIpc) is 2.67. The number of fused-ring (bicyclic) bond motifs is 2. The molecular formula is C19H20N6O. The summed E-state index contributed by atoms with van der Waals surface area (Å²) in [6, 6.07) is 6.24. The second-order valence-corrected chi connectivity index (χ2v) is 6.22. The van der Waals surface area contributed by atoms with Gasteiger partial charge in [-0.1, -0.05) is 12.1 Å². The maximum atomic E-state index is 5.14. The van der Waals surface area contributed by atoms with Crippen LogP contribution >= 0.6 is 0 Å². The molecule has 0 unspecified atom stereocenters. The van der Waals surface area contributed by atoms with Crippen molar-refractivity contribution < 1.29 is 4.74 Å². The van der Waals surface area contributed by atoms with Crippen LogP contribution in [0, 0.1) is 0 Å². The summed E-state index contributed by atoms with van der Waals surface area (Å²) in [5, 5.41) is 6.57. The Labute approximate surface area is 151 Å². The first-order valence-electron chi connectivity index (χ1n) is 8.52. The van der Waals surface area contributed by atoms with E-state index in [9.17, 15) is 0 Å². The Bertz CT molecular complexity index is 971. The van der Waals surface area contributed by atoms with Crippen LogP contribution in [0.4, 0.5) is 11.8 Å². The van der Waals surface area contributed by atoms with Gasteiger partial charge < -0.3 is 15.4 Å². The van der Waals surface area contributed by atoms with Crippen LogP contribution in [0.5, 0.6) is 0 Å². The Morgan fingerprint density at radius 2 is 2.04 bits per heavy atom. The monoisotopic (exact) mass is 348 g/mol. The quantitative estimate of drug-likeness (QED) is 0.733. The Morgan fingerprint density at radius 3 is 2.88 bits per heavy atom. The van der Waals surface area contributed by atoms with Crippen LogP contribution in [0.15, 0.2) is 42.9 Å². The summed E-state index contributed by atoms with van der Waals surface area (Å²) in [6.45, 7) is 3.34. The van der Waals surface area contributed by atoms with E-state index in [-0.39, 0.29) is 6.04 Å². The lowest BCUT2D eigenvalue weighted by Crippen LogP contribution is -2.23. The second kappa shape index (κ2) is 7.05. The van der Waals surface area contributed by atoms with E-state index in [1.165, 1.54) is 0 Å². The van der Waals surface area contributed by atoms with Crippen LogP contribution in [-0.4, -0.2) is 46.2 Å². The summed E-state index contributed by atoms with van der Waals surface area (Å²) < 4.78 is 5.14. The number of nitrogens with zero attached hydrogens (tertiary/aromatic N) is 4. The van der Waals surface area contributed by atoms with Gasteiger partial charge in [-0.25, -0.2) is 4.98 Å². The standard InChI is InChI=1S/C19H20N6O/c1-12(11-26-2)24-19-23-10-15-14(5-6-22-18(15)25-19)13-3-4-16-17(9-13)21-8-7-20-16/h3-5,7-10,12H,6,11H2,1-2H3,(H2,22,23,24,25)/t12-/m0/s1. The molecule has 0 amide bonds. The van der Waals surface area contributed by atoms with E-state index in [0.29, 0.717) is 19.1 Å². The summed E-state index contributed by atoms with van der Waals surface area (Å²) in [6.07, 6.45) is 7.40. The van der Waals surface area contributed by atoms with Crippen LogP contribution in [0.2, 0.25) is 0 Å². The van der Waals surface area contributed by atoms with Crippen molar-refractivity contribution in [1.82, 2.24) is 19.9 Å². The predicted molar refractivity (Wildman–Crippen MR) is 102 cm³/mol. The third-order valence-corrected chi connectivity index (χ3v) is 4.23. The summed E-state index contributed by atoms with van der Waals surface area (Å²) in [4.78, 5) is 17.8. The van der Waals surface area contributed by atoms with Gasteiger partial charge in [-0.3, -0.25) is 9.97 Å². The summed E-state index contributed by atoms with van der Waals surface area (Å²) in [7, 11) is 1.68. The van der Waals surface area contributed by atoms with Crippen LogP contribution in [0.1, 0.15) is 18.1 Å². The van der Waals surface area contributed by atoms with Crippen molar-refractivity contribution in [1.29, 1.82) is 0 Å². The van der Waals surface area contributed by atoms with Crippen LogP contribution in [-0.2, 0) is 4.74 Å². The number of methoxy groups -OCH3 is 1. The summed E-state index contributed by atoms with van der Waals surface area (Å²) >= 11 is 0. The molecule has 1 aliphatic rings. The molecule has 2 N–H and O–H groups in total. The van der Waals surface area contributed by atoms with Gasteiger partial charge in [-0.05, 0) is 30.2 Å². The molecule has 0 aliphatic carbocycles. The number of anilines is 2. The van der Waals surface area contributed by atoms with Crippen LogP contribution < -0.4 is 10.6 Å². The highest BCUT2D eigenvalue weighted by Gasteiger charge is 2.17.